The highest BCUT2D eigenvalue weighted by Crippen LogP contribution is 2.20. The summed E-state index contributed by atoms with van der Waals surface area (Å²) in [5.74, 6) is 1.09. The van der Waals surface area contributed by atoms with Crippen molar-refractivity contribution in [3.8, 4) is 5.75 Å². The maximum atomic E-state index is 12.7. The fourth-order valence-corrected chi connectivity index (χ4v) is 3.20. The standard InChI is InChI=1S/C22H25N3O3/c1-15(2)13-25-14-20(18-6-4-5-7-19(18)21(25)26)24-22(27)23-12-16-8-10-17(28-3)11-9-16/h4-11,15H,12-14H2,1-3H3,(H,23,27). The zero-order valence-electron chi connectivity index (χ0n) is 16.4. The SMILES string of the molecule is COc1ccc(CNC(=O)N=C2CN(CC(C)C)C(=O)c3ccccc32)cc1. The van der Waals surface area contributed by atoms with Crippen molar-refractivity contribution < 1.29 is 14.3 Å². The number of urea groups is 1. The van der Waals surface area contributed by atoms with Crippen LogP contribution in [0.4, 0.5) is 4.79 Å². The van der Waals surface area contributed by atoms with Crippen LogP contribution < -0.4 is 10.1 Å². The van der Waals surface area contributed by atoms with E-state index < -0.39 is 6.03 Å². The number of ether oxygens (including phenoxy) is 1. The highest BCUT2D eigenvalue weighted by atomic mass is 16.5. The van der Waals surface area contributed by atoms with Crippen LogP contribution in [-0.4, -0.2) is 42.7 Å². The summed E-state index contributed by atoms with van der Waals surface area (Å²) in [5.41, 5.74) is 2.89. The molecule has 1 N–H and O–H groups in total. The summed E-state index contributed by atoms with van der Waals surface area (Å²) in [5, 5.41) is 2.81. The van der Waals surface area contributed by atoms with E-state index in [9.17, 15) is 9.59 Å². The zero-order chi connectivity index (χ0) is 20.1. The van der Waals surface area contributed by atoms with Crippen LogP contribution in [0.2, 0.25) is 0 Å². The molecule has 0 unspecified atom stereocenters. The van der Waals surface area contributed by atoms with Gasteiger partial charge in [-0.05, 0) is 29.7 Å². The molecule has 146 valence electrons. The molecule has 0 saturated heterocycles. The first-order valence-electron chi connectivity index (χ1n) is 9.35. The molecule has 6 heteroatoms. The van der Waals surface area contributed by atoms with Gasteiger partial charge in [-0.3, -0.25) is 4.79 Å². The fraction of sp³-hybridized carbons (Fsp3) is 0.318. The van der Waals surface area contributed by atoms with Crippen molar-refractivity contribution in [3.05, 3.63) is 65.2 Å². The molecular formula is C22H25N3O3. The third-order valence-corrected chi connectivity index (χ3v) is 4.52. The summed E-state index contributed by atoms with van der Waals surface area (Å²) in [6.45, 7) is 5.46. The van der Waals surface area contributed by atoms with E-state index in [1.165, 1.54) is 0 Å². The number of carbonyl (C=O) groups excluding carboxylic acids is 2. The second-order valence-corrected chi connectivity index (χ2v) is 7.19. The van der Waals surface area contributed by atoms with Gasteiger partial charge in [-0.2, -0.15) is 4.99 Å². The molecule has 0 radical (unpaired) electrons. The van der Waals surface area contributed by atoms with Crippen LogP contribution in [-0.2, 0) is 6.54 Å². The average molecular weight is 379 g/mol. The molecule has 0 atom stereocenters. The quantitative estimate of drug-likeness (QED) is 0.864. The van der Waals surface area contributed by atoms with E-state index in [-0.39, 0.29) is 5.91 Å². The second-order valence-electron chi connectivity index (χ2n) is 7.19. The van der Waals surface area contributed by atoms with Crippen molar-refractivity contribution in [2.24, 2.45) is 10.9 Å². The Balaban J connectivity index is 1.75. The minimum atomic E-state index is -0.417. The number of benzene rings is 2. The van der Waals surface area contributed by atoms with Gasteiger partial charge in [0.05, 0.1) is 19.4 Å². The summed E-state index contributed by atoms with van der Waals surface area (Å²) in [6.07, 6.45) is 0. The van der Waals surface area contributed by atoms with Gasteiger partial charge in [-0.1, -0.05) is 44.2 Å². The van der Waals surface area contributed by atoms with Gasteiger partial charge in [0.25, 0.3) is 5.91 Å². The van der Waals surface area contributed by atoms with E-state index in [4.69, 9.17) is 4.74 Å². The van der Waals surface area contributed by atoms with Crippen LogP contribution in [0.5, 0.6) is 5.75 Å². The number of hydrogen-bond donors (Lipinski definition) is 1. The number of amides is 3. The molecular weight excluding hydrogens is 354 g/mol. The third kappa shape index (κ3) is 4.57. The zero-order valence-corrected chi connectivity index (χ0v) is 16.4. The largest absolute Gasteiger partial charge is 0.497 e. The molecule has 3 rings (SSSR count). The third-order valence-electron chi connectivity index (χ3n) is 4.52. The van der Waals surface area contributed by atoms with Crippen molar-refractivity contribution in [2.45, 2.75) is 20.4 Å². The number of aliphatic imine (C=N–C) groups is 1. The number of methoxy groups -OCH3 is 1. The minimum absolute atomic E-state index is 0.0121. The van der Waals surface area contributed by atoms with Crippen LogP contribution in [0, 0.1) is 5.92 Å². The highest BCUT2D eigenvalue weighted by molar-refractivity contribution is 6.18. The van der Waals surface area contributed by atoms with Gasteiger partial charge < -0.3 is 15.0 Å². The van der Waals surface area contributed by atoms with E-state index >= 15 is 0 Å². The maximum Gasteiger partial charge on any atom is 0.341 e. The fourth-order valence-electron chi connectivity index (χ4n) is 3.20. The molecule has 0 fully saturated rings. The van der Waals surface area contributed by atoms with E-state index in [2.05, 4.69) is 24.2 Å². The molecule has 0 bridgehead atoms. The molecule has 0 aliphatic carbocycles. The summed E-state index contributed by atoms with van der Waals surface area (Å²) in [6, 6.07) is 14.4. The first kappa shape index (κ1) is 19.6. The first-order chi connectivity index (χ1) is 13.5. The van der Waals surface area contributed by atoms with Crippen molar-refractivity contribution in [2.75, 3.05) is 20.2 Å². The molecule has 2 aromatic rings. The Morgan fingerprint density at radius 3 is 2.46 bits per heavy atom. The normalized spacial score (nSPS) is 14.9. The summed E-state index contributed by atoms with van der Waals surface area (Å²) in [4.78, 5) is 31.1. The number of rotatable bonds is 5. The molecule has 3 amide bonds. The molecule has 6 nitrogen and oxygen atoms in total. The Kier molecular flexibility index (Phi) is 6.09. The lowest BCUT2D eigenvalue weighted by atomic mass is 9.96. The molecule has 28 heavy (non-hydrogen) atoms. The van der Waals surface area contributed by atoms with Crippen molar-refractivity contribution in [3.63, 3.8) is 0 Å². The molecule has 1 aliphatic heterocycles. The topological polar surface area (TPSA) is 71.0 Å². The lowest BCUT2D eigenvalue weighted by Gasteiger charge is -2.30. The van der Waals surface area contributed by atoms with Crippen LogP contribution in [0.25, 0.3) is 0 Å². The Morgan fingerprint density at radius 2 is 1.82 bits per heavy atom. The Bertz CT molecular complexity index is 888. The lowest BCUT2D eigenvalue weighted by molar-refractivity contribution is 0.0755. The van der Waals surface area contributed by atoms with Gasteiger partial charge in [0.1, 0.15) is 5.75 Å². The van der Waals surface area contributed by atoms with Crippen LogP contribution in [0.3, 0.4) is 0 Å². The van der Waals surface area contributed by atoms with E-state index in [0.717, 1.165) is 16.9 Å². The Morgan fingerprint density at radius 1 is 1.14 bits per heavy atom. The predicted molar refractivity (Wildman–Crippen MR) is 109 cm³/mol. The molecule has 0 aromatic heterocycles. The van der Waals surface area contributed by atoms with Gasteiger partial charge in [-0.15, -0.1) is 0 Å². The lowest BCUT2D eigenvalue weighted by Crippen LogP contribution is -2.43. The summed E-state index contributed by atoms with van der Waals surface area (Å²) < 4.78 is 5.13. The number of nitrogens with zero attached hydrogens (tertiary/aromatic N) is 2. The summed E-state index contributed by atoms with van der Waals surface area (Å²) >= 11 is 0. The Hall–Kier alpha value is -3.15. The maximum absolute atomic E-state index is 12.7. The van der Waals surface area contributed by atoms with Gasteiger partial charge in [0.2, 0.25) is 0 Å². The predicted octanol–water partition coefficient (Wildman–Crippen LogP) is 3.51. The number of nitrogens with one attached hydrogen (secondary N) is 1. The number of fused-ring (bicyclic) bond motifs is 1. The summed E-state index contributed by atoms with van der Waals surface area (Å²) in [7, 11) is 1.61. The molecule has 0 spiro atoms. The van der Waals surface area contributed by atoms with E-state index in [0.29, 0.717) is 36.8 Å². The van der Waals surface area contributed by atoms with Crippen LogP contribution in [0.1, 0.15) is 35.3 Å². The van der Waals surface area contributed by atoms with E-state index in [1.807, 2.05) is 42.5 Å². The molecule has 2 aromatic carbocycles. The van der Waals surface area contributed by atoms with Crippen LogP contribution in [0.15, 0.2) is 53.5 Å². The molecule has 1 heterocycles. The number of carbonyl (C=O) groups is 2. The van der Waals surface area contributed by atoms with Crippen molar-refractivity contribution in [1.82, 2.24) is 10.2 Å². The molecule has 0 saturated carbocycles. The molecule has 1 aliphatic rings. The van der Waals surface area contributed by atoms with Gasteiger partial charge in [0, 0.05) is 24.2 Å². The van der Waals surface area contributed by atoms with Crippen molar-refractivity contribution >= 4 is 17.6 Å². The monoisotopic (exact) mass is 379 g/mol. The average Bonchev–Trinajstić information content (AvgIpc) is 2.70. The highest BCUT2D eigenvalue weighted by Gasteiger charge is 2.29. The van der Waals surface area contributed by atoms with Crippen LogP contribution >= 0.6 is 0 Å². The van der Waals surface area contributed by atoms with Crippen molar-refractivity contribution in [1.29, 1.82) is 0 Å². The first-order valence-corrected chi connectivity index (χ1v) is 9.35. The number of hydrogen-bond acceptors (Lipinski definition) is 3. The van der Waals surface area contributed by atoms with Gasteiger partial charge in [0.15, 0.2) is 0 Å². The Labute approximate surface area is 165 Å². The van der Waals surface area contributed by atoms with Gasteiger partial charge >= 0.3 is 6.03 Å². The second kappa shape index (κ2) is 8.69. The van der Waals surface area contributed by atoms with Gasteiger partial charge in [-0.25, -0.2) is 4.79 Å². The minimum Gasteiger partial charge on any atom is -0.497 e. The van der Waals surface area contributed by atoms with E-state index in [1.54, 1.807) is 18.1 Å². The smallest absolute Gasteiger partial charge is 0.341 e.